The molecule has 0 N–H and O–H groups in total. The Hall–Kier alpha value is -1.12. The summed E-state index contributed by atoms with van der Waals surface area (Å²) in [6, 6.07) is 2.35. The van der Waals surface area contributed by atoms with Crippen LogP contribution in [0.2, 0.25) is 0 Å². The van der Waals surface area contributed by atoms with Gasteiger partial charge in [0.25, 0.3) is 0 Å². The highest BCUT2D eigenvalue weighted by molar-refractivity contribution is 5.86. The Balaban J connectivity index is 2.08. The van der Waals surface area contributed by atoms with E-state index in [0.717, 1.165) is 25.0 Å². The van der Waals surface area contributed by atoms with Gasteiger partial charge in [0, 0.05) is 17.7 Å². The molecule has 2 rings (SSSR count). The molecule has 1 aliphatic carbocycles. The number of nitrogens with zero attached hydrogens (tertiary/aromatic N) is 2. The number of ketones is 1. The monoisotopic (exact) mass is 276 g/mol. The highest BCUT2D eigenvalue weighted by atomic mass is 16.1. The second-order valence-corrected chi connectivity index (χ2v) is 7.07. The minimum absolute atomic E-state index is 0.0597. The van der Waals surface area contributed by atoms with Crippen LogP contribution in [0.5, 0.6) is 0 Å². The van der Waals surface area contributed by atoms with E-state index < -0.39 is 0 Å². The fourth-order valence-electron chi connectivity index (χ4n) is 3.54. The Kier molecular flexibility index (Phi) is 4.66. The largest absolute Gasteiger partial charge is 0.299 e. The fourth-order valence-corrected chi connectivity index (χ4v) is 3.54. The number of hydrogen-bond acceptors (Lipinski definition) is 2. The molecule has 0 atom stereocenters. The molecule has 0 aromatic carbocycles. The van der Waals surface area contributed by atoms with Crippen molar-refractivity contribution < 1.29 is 4.79 Å². The van der Waals surface area contributed by atoms with Crippen molar-refractivity contribution in [1.29, 1.82) is 0 Å². The summed E-state index contributed by atoms with van der Waals surface area (Å²) in [5.74, 6) is 1.00. The van der Waals surface area contributed by atoms with Crippen molar-refractivity contribution in [2.75, 3.05) is 0 Å². The average molecular weight is 276 g/mol. The number of carbonyl (C=O) groups is 1. The van der Waals surface area contributed by atoms with E-state index in [1.165, 1.54) is 12.8 Å². The molecular weight excluding hydrogens is 248 g/mol. The molecule has 1 aromatic rings. The molecule has 1 saturated carbocycles. The highest BCUT2D eigenvalue weighted by Crippen LogP contribution is 2.44. The molecule has 112 valence electrons. The van der Waals surface area contributed by atoms with E-state index >= 15 is 0 Å². The number of hydrogen-bond donors (Lipinski definition) is 0. The lowest BCUT2D eigenvalue weighted by Crippen LogP contribution is -2.31. The van der Waals surface area contributed by atoms with E-state index in [4.69, 9.17) is 0 Å². The molecule has 3 nitrogen and oxygen atoms in total. The van der Waals surface area contributed by atoms with Gasteiger partial charge >= 0.3 is 0 Å². The first-order chi connectivity index (χ1) is 9.43. The highest BCUT2D eigenvalue weighted by Gasteiger charge is 2.40. The third-order valence-corrected chi connectivity index (χ3v) is 4.49. The van der Waals surface area contributed by atoms with Crippen LogP contribution in [0.25, 0.3) is 0 Å². The van der Waals surface area contributed by atoms with Crippen LogP contribution in [0.3, 0.4) is 0 Å². The molecule has 1 heterocycles. The summed E-state index contributed by atoms with van der Waals surface area (Å²) >= 11 is 0. The summed E-state index contributed by atoms with van der Waals surface area (Å²) in [5, 5.41) is 4.53. The standard InChI is InChI=1S/C17H28N2O/c1-13(2)12-17(8-5-6-9-17)16(20)11-15-7-10-19(18-15)14(3)4/h7,10,13-14H,5-6,8-9,11-12H2,1-4H3. The lowest BCUT2D eigenvalue weighted by Gasteiger charge is -2.29. The van der Waals surface area contributed by atoms with E-state index in [1.54, 1.807) is 0 Å². The van der Waals surface area contributed by atoms with Gasteiger partial charge in [0.05, 0.1) is 12.1 Å². The Morgan fingerprint density at radius 3 is 2.45 bits per heavy atom. The summed E-state index contributed by atoms with van der Waals surface area (Å²) in [5.41, 5.74) is 0.870. The quantitative estimate of drug-likeness (QED) is 0.781. The molecular formula is C17H28N2O. The van der Waals surface area contributed by atoms with E-state index in [-0.39, 0.29) is 5.41 Å². The summed E-state index contributed by atoms with van der Waals surface area (Å²) in [4.78, 5) is 12.8. The Morgan fingerprint density at radius 1 is 1.30 bits per heavy atom. The minimum Gasteiger partial charge on any atom is -0.299 e. The zero-order valence-electron chi connectivity index (χ0n) is 13.4. The van der Waals surface area contributed by atoms with Crippen LogP contribution >= 0.6 is 0 Å². The van der Waals surface area contributed by atoms with E-state index in [0.29, 0.717) is 24.2 Å². The lowest BCUT2D eigenvalue weighted by molar-refractivity contribution is -0.128. The van der Waals surface area contributed by atoms with Crippen molar-refractivity contribution in [1.82, 2.24) is 9.78 Å². The lowest BCUT2D eigenvalue weighted by atomic mass is 9.74. The molecule has 0 saturated heterocycles. The normalized spacial score (nSPS) is 18.1. The van der Waals surface area contributed by atoms with Crippen LogP contribution in [0.15, 0.2) is 12.3 Å². The molecule has 0 spiro atoms. The number of Topliss-reactive ketones (excluding diaryl/α,β-unsaturated/α-hetero) is 1. The number of rotatable bonds is 6. The van der Waals surface area contributed by atoms with Crippen molar-refractivity contribution in [2.24, 2.45) is 11.3 Å². The molecule has 0 amide bonds. The SMILES string of the molecule is CC(C)CC1(C(=O)Cc2ccn(C(C)C)n2)CCCC1. The maximum atomic E-state index is 12.8. The molecule has 1 aliphatic rings. The van der Waals surface area contributed by atoms with Gasteiger partial charge in [0.15, 0.2) is 0 Å². The summed E-state index contributed by atoms with van der Waals surface area (Å²) in [6.45, 7) is 8.66. The number of aromatic nitrogens is 2. The molecule has 3 heteroatoms. The van der Waals surface area contributed by atoms with Gasteiger partial charge in [-0.1, -0.05) is 26.7 Å². The van der Waals surface area contributed by atoms with Crippen molar-refractivity contribution >= 4 is 5.78 Å². The molecule has 0 unspecified atom stereocenters. The maximum Gasteiger partial charge on any atom is 0.145 e. The zero-order valence-corrected chi connectivity index (χ0v) is 13.4. The second-order valence-electron chi connectivity index (χ2n) is 7.07. The van der Waals surface area contributed by atoms with Gasteiger partial charge in [-0.2, -0.15) is 5.10 Å². The summed E-state index contributed by atoms with van der Waals surface area (Å²) in [6.07, 6.45) is 8.10. The Bertz CT molecular complexity index is 453. The van der Waals surface area contributed by atoms with Crippen LogP contribution in [-0.4, -0.2) is 15.6 Å². The van der Waals surface area contributed by atoms with Crippen LogP contribution in [0, 0.1) is 11.3 Å². The first-order valence-corrected chi connectivity index (χ1v) is 8.00. The zero-order chi connectivity index (χ0) is 14.8. The van der Waals surface area contributed by atoms with Crippen molar-refractivity contribution in [3.05, 3.63) is 18.0 Å². The average Bonchev–Trinajstić information content (AvgIpc) is 2.98. The Labute approximate surface area is 122 Å². The van der Waals surface area contributed by atoms with Gasteiger partial charge in [-0.25, -0.2) is 0 Å². The van der Waals surface area contributed by atoms with Gasteiger partial charge in [-0.3, -0.25) is 9.48 Å². The molecule has 20 heavy (non-hydrogen) atoms. The third-order valence-electron chi connectivity index (χ3n) is 4.49. The van der Waals surface area contributed by atoms with E-state index in [1.807, 2.05) is 16.9 Å². The molecule has 1 fully saturated rings. The number of carbonyl (C=O) groups excluding carboxylic acids is 1. The minimum atomic E-state index is -0.0597. The summed E-state index contributed by atoms with van der Waals surface area (Å²) < 4.78 is 1.94. The fraction of sp³-hybridized carbons (Fsp3) is 0.765. The van der Waals surface area contributed by atoms with Crippen molar-refractivity contribution in [3.63, 3.8) is 0 Å². The molecule has 1 aromatic heterocycles. The Morgan fingerprint density at radius 2 is 1.95 bits per heavy atom. The van der Waals surface area contributed by atoms with Crippen molar-refractivity contribution in [2.45, 2.75) is 72.3 Å². The van der Waals surface area contributed by atoms with E-state index in [2.05, 4.69) is 32.8 Å². The van der Waals surface area contributed by atoms with Crippen LogP contribution in [0.4, 0.5) is 0 Å². The van der Waals surface area contributed by atoms with Crippen LogP contribution < -0.4 is 0 Å². The van der Waals surface area contributed by atoms with Crippen molar-refractivity contribution in [3.8, 4) is 0 Å². The third kappa shape index (κ3) is 3.31. The first-order valence-electron chi connectivity index (χ1n) is 8.00. The molecule has 0 aliphatic heterocycles. The van der Waals surface area contributed by atoms with Gasteiger partial charge in [0.1, 0.15) is 5.78 Å². The van der Waals surface area contributed by atoms with Gasteiger partial charge in [-0.05, 0) is 45.1 Å². The van der Waals surface area contributed by atoms with Crippen LogP contribution in [-0.2, 0) is 11.2 Å². The van der Waals surface area contributed by atoms with Crippen LogP contribution in [0.1, 0.15) is 71.5 Å². The molecule has 0 bridgehead atoms. The predicted octanol–water partition coefficient (Wildman–Crippen LogP) is 4.18. The van der Waals surface area contributed by atoms with Gasteiger partial charge < -0.3 is 0 Å². The van der Waals surface area contributed by atoms with Gasteiger partial charge in [-0.15, -0.1) is 0 Å². The maximum absolute atomic E-state index is 12.8. The van der Waals surface area contributed by atoms with Gasteiger partial charge in [0.2, 0.25) is 0 Å². The smallest absolute Gasteiger partial charge is 0.145 e. The summed E-state index contributed by atoms with van der Waals surface area (Å²) in [7, 11) is 0. The topological polar surface area (TPSA) is 34.9 Å². The second kappa shape index (κ2) is 6.11. The van der Waals surface area contributed by atoms with E-state index in [9.17, 15) is 4.79 Å². The first kappa shape index (κ1) is 15.3. The predicted molar refractivity (Wildman–Crippen MR) is 81.7 cm³/mol. The molecule has 0 radical (unpaired) electrons.